The summed E-state index contributed by atoms with van der Waals surface area (Å²) in [7, 11) is 8.24. The number of likely N-dealkylation sites (N-methyl/N-ethyl adjacent to an activating group) is 1. The van der Waals surface area contributed by atoms with Crippen LogP contribution in [0, 0.1) is 0 Å². The van der Waals surface area contributed by atoms with E-state index in [-0.39, 0.29) is 0 Å². The number of nitrogens with zero attached hydrogens (tertiary/aromatic N) is 2. The maximum absolute atomic E-state index is 4.64. The fraction of sp³-hybridized carbons (Fsp3) is 0.286. The highest BCUT2D eigenvalue weighted by atomic mass is 35.5. The Balaban J connectivity index is 0.00000249. The van der Waals surface area contributed by atoms with Crippen molar-refractivity contribution >= 4 is 35.1 Å². The lowest BCUT2D eigenvalue weighted by Crippen LogP contribution is -2.81. The van der Waals surface area contributed by atoms with Gasteiger partial charge in [-0.1, -0.05) is 48.6 Å². The molecule has 2 rings (SSSR count). The first-order valence-electron chi connectivity index (χ1n) is 11.0. The maximum Gasteiger partial charge on any atom is 0.129 e. The number of halogens is 1. The summed E-state index contributed by atoms with van der Waals surface area (Å²) in [4.78, 5) is 4.22. The van der Waals surface area contributed by atoms with E-state index in [0.29, 0.717) is 0 Å². The molecule has 4 heteroatoms. The Morgan fingerprint density at radius 1 is 0.781 bits per heavy atom. The number of allylic oxidation sites excluding steroid dienone is 5. The zero-order valence-electron chi connectivity index (χ0n) is 20.4. The lowest BCUT2D eigenvalue weighted by molar-refractivity contribution is -0.598. The van der Waals surface area contributed by atoms with Crippen LogP contribution in [0.4, 0.5) is 11.4 Å². The Hall–Kier alpha value is -2.75. The van der Waals surface area contributed by atoms with Gasteiger partial charge >= 0.3 is 0 Å². The number of nitrogens with two attached hydrogens (primary N) is 1. The molecular formula is C28H39ClN3+. The van der Waals surface area contributed by atoms with Crippen molar-refractivity contribution in [2.75, 3.05) is 50.9 Å². The van der Waals surface area contributed by atoms with E-state index in [1.54, 1.807) is 0 Å². The van der Waals surface area contributed by atoms with E-state index in [4.69, 9.17) is 0 Å². The molecule has 0 saturated heterocycles. The molecule has 0 fully saturated rings. The lowest BCUT2D eigenvalue weighted by Gasteiger charge is -2.11. The van der Waals surface area contributed by atoms with E-state index in [9.17, 15) is 0 Å². The lowest BCUT2D eigenvalue weighted by atomic mass is 10.1. The van der Waals surface area contributed by atoms with Gasteiger partial charge in [-0.05, 0) is 67.0 Å². The highest BCUT2D eigenvalue weighted by Crippen LogP contribution is 2.14. The van der Waals surface area contributed by atoms with Crippen molar-refractivity contribution in [3.05, 3.63) is 95.7 Å². The summed E-state index contributed by atoms with van der Waals surface area (Å²) in [5, 5.41) is 2.25. The number of anilines is 2. The molecule has 0 spiro atoms. The molecule has 172 valence electrons. The van der Waals surface area contributed by atoms with Gasteiger partial charge in [0.25, 0.3) is 0 Å². The molecule has 0 amide bonds. The molecule has 0 aliphatic heterocycles. The summed E-state index contributed by atoms with van der Waals surface area (Å²) in [5.41, 5.74) is 6.11. The second kappa shape index (κ2) is 16.0. The quantitative estimate of drug-likeness (QED) is 0.363. The Bertz CT molecular complexity index is 874. The molecule has 3 nitrogen and oxygen atoms in total. The topological polar surface area (TPSA) is 23.1 Å². The van der Waals surface area contributed by atoms with Crippen LogP contribution >= 0.6 is 11.6 Å². The molecule has 32 heavy (non-hydrogen) atoms. The molecule has 2 aromatic carbocycles. The molecule has 2 N–H and O–H groups in total. The van der Waals surface area contributed by atoms with E-state index in [2.05, 4.69) is 153 Å². The van der Waals surface area contributed by atoms with Crippen molar-refractivity contribution < 1.29 is 5.32 Å². The van der Waals surface area contributed by atoms with Gasteiger partial charge in [-0.25, -0.2) is 0 Å². The van der Waals surface area contributed by atoms with Crippen LogP contribution in [0.25, 0.3) is 12.2 Å². The van der Waals surface area contributed by atoms with Crippen molar-refractivity contribution in [3.8, 4) is 0 Å². The third-order valence-electron chi connectivity index (χ3n) is 4.73. The highest BCUT2D eigenvalue weighted by molar-refractivity contribution is 6.15. The van der Waals surface area contributed by atoms with E-state index < -0.39 is 0 Å². The van der Waals surface area contributed by atoms with E-state index in [1.807, 2.05) is 0 Å². The number of hydrogen-bond donors (Lipinski definition) is 1. The molecule has 0 atom stereocenters. The SMILES string of the molecule is CC[NH2+]C(=C\C=C/C/C=C/c1ccc(N(C)C)cc1)/C=C/c1ccc(N(C)C)cc1.CCl. The zero-order chi connectivity index (χ0) is 23.8. The number of quaternary nitrogens is 1. The Morgan fingerprint density at radius 3 is 1.75 bits per heavy atom. The van der Waals surface area contributed by atoms with E-state index in [0.717, 1.165) is 13.0 Å². The van der Waals surface area contributed by atoms with Crippen molar-refractivity contribution in [2.45, 2.75) is 13.3 Å². The second-order valence-electron chi connectivity index (χ2n) is 7.65. The molecule has 0 heterocycles. The number of benzene rings is 2. The number of hydrogen-bond acceptors (Lipinski definition) is 2. The van der Waals surface area contributed by atoms with Gasteiger partial charge in [0.05, 0.1) is 6.54 Å². The first kappa shape index (κ1) is 27.3. The van der Waals surface area contributed by atoms with Gasteiger partial charge < -0.3 is 15.1 Å². The predicted octanol–water partition coefficient (Wildman–Crippen LogP) is 5.81. The number of alkyl halides is 1. The normalized spacial score (nSPS) is 11.8. The van der Waals surface area contributed by atoms with Crippen molar-refractivity contribution in [3.63, 3.8) is 0 Å². The third kappa shape index (κ3) is 10.5. The minimum Gasteiger partial charge on any atom is -0.378 e. The van der Waals surface area contributed by atoms with Crippen LogP contribution in [-0.2, 0) is 0 Å². The van der Waals surface area contributed by atoms with Crippen molar-refractivity contribution in [1.82, 2.24) is 0 Å². The highest BCUT2D eigenvalue weighted by Gasteiger charge is 1.96. The third-order valence-corrected chi connectivity index (χ3v) is 4.73. The molecule has 0 bridgehead atoms. The Morgan fingerprint density at radius 2 is 1.28 bits per heavy atom. The standard InChI is InChI=1S/C27H35N3.CH3Cl/c1-6-28-25(18-13-24-16-21-27(22-17-24)30(4)5)12-10-8-7-9-11-23-14-19-26(20-15-23)29(2)3;1-2/h8-22,28H,6-7H2,1-5H3;1H3/p+1/b10-8-,11-9+,18-13+,25-12-;. The molecule has 2 aromatic rings. The predicted molar refractivity (Wildman–Crippen MR) is 146 cm³/mol. The Kier molecular flexibility index (Phi) is 13.6. The first-order chi connectivity index (χ1) is 15.5. The molecule has 0 aliphatic rings. The number of rotatable bonds is 10. The van der Waals surface area contributed by atoms with Crippen molar-refractivity contribution in [1.29, 1.82) is 0 Å². The maximum atomic E-state index is 4.64. The molecule has 0 unspecified atom stereocenters. The summed E-state index contributed by atoms with van der Waals surface area (Å²) in [6.07, 6.45) is 17.6. The van der Waals surface area contributed by atoms with Gasteiger partial charge in [0, 0.05) is 45.9 Å². The minimum absolute atomic E-state index is 0.918. The second-order valence-corrected chi connectivity index (χ2v) is 7.65. The summed E-state index contributed by atoms with van der Waals surface area (Å²) in [6.45, 7) is 3.19. The van der Waals surface area contributed by atoms with Gasteiger partial charge in [0.2, 0.25) is 0 Å². The largest absolute Gasteiger partial charge is 0.378 e. The molecule has 0 aromatic heterocycles. The fourth-order valence-corrected chi connectivity index (χ4v) is 2.93. The summed E-state index contributed by atoms with van der Waals surface area (Å²) in [5.74, 6) is 0. The zero-order valence-corrected chi connectivity index (χ0v) is 21.2. The van der Waals surface area contributed by atoms with Crippen LogP contribution in [0.5, 0.6) is 0 Å². The minimum atomic E-state index is 0.918. The average molecular weight is 453 g/mol. The van der Waals surface area contributed by atoms with Gasteiger partial charge in [-0.3, -0.25) is 0 Å². The summed E-state index contributed by atoms with van der Waals surface area (Å²) in [6, 6.07) is 17.2. The van der Waals surface area contributed by atoms with Crippen LogP contribution in [0.15, 0.2) is 84.6 Å². The van der Waals surface area contributed by atoms with Crippen LogP contribution in [-0.4, -0.2) is 41.1 Å². The van der Waals surface area contributed by atoms with Gasteiger partial charge in [-0.2, -0.15) is 0 Å². The summed E-state index contributed by atoms with van der Waals surface area (Å²) >= 11 is 4.64. The average Bonchev–Trinajstić information content (AvgIpc) is 2.81. The molecule has 0 aliphatic carbocycles. The first-order valence-corrected chi connectivity index (χ1v) is 11.7. The molecule has 0 saturated carbocycles. The monoisotopic (exact) mass is 452 g/mol. The Labute approximate surface area is 200 Å². The van der Waals surface area contributed by atoms with Gasteiger partial charge in [0.15, 0.2) is 0 Å². The van der Waals surface area contributed by atoms with Crippen LogP contribution < -0.4 is 15.1 Å². The molecular weight excluding hydrogens is 414 g/mol. The van der Waals surface area contributed by atoms with E-state index >= 15 is 0 Å². The van der Waals surface area contributed by atoms with Gasteiger partial charge in [0.1, 0.15) is 5.70 Å². The smallest absolute Gasteiger partial charge is 0.129 e. The van der Waals surface area contributed by atoms with Crippen molar-refractivity contribution in [2.24, 2.45) is 0 Å². The molecule has 0 radical (unpaired) electrons. The van der Waals surface area contributed by atoms with Gasteiger partial charge in [-0.15, -0.1) is 11.6 Å². The summed E-state index contributed by atoms with van der Waals surface area (Å²) < 4.78 is 0. The fourth-order valence-electron chi connectivity index (χ4n) is 2.93. The van der Waals surface area contributed by atoms with Crippen LogP contribution in [0.2, 0.25) is 0 Å². The van der Waals surface area contributed by atoms with Crippen LogP contribution in [0.3, 0.4) is 0 Å². The van der Waals surface area contributed by atoms with Crippen LogP contribution in [0.1, 0.15) is 24.5 Å². The van der Waals surface area contributed by atoms with E-state index in [1.165, 1.54) is 34.6 Å².